The topological polar surface area (TPSA) is 72.5 Å². The predicted octanol–water partition coefficient (Wildman–Crippen LogP) is 13.6. The lowest BCUT2D eigenvalue weighted by Gasteiger charge is -2.39. The molecule has 1 heterocycles. The molecule has 5 aromatic carbocycles. The summed E-state index contributed by atoms with van der Waals surface area (Å²) in [6, 6.07) is 28.6. The Hall–Kier alpha value is -5.27. The summed E-state index contributed by atoms with van der Waals surface area (Å²) in [6.45, 7) is 4.47. The number of esters is 1. The highest BCUT2D eigenvalue weighted by Crippen LogP contribution is 2.60. The van der Waals surface area contributed by atoms with Gasteiger partial charge in [-0.1, -0.05) is 107 Å². The predicted molar refractivity (Wildman–Crippen MR) is 251 cm³/mol. The van der Waals surface area contributed by atoms with Crippen molar-refractivity contribution in [3.05, 3.63) is 119 Å². The maximum atomic E-state index is 14.2. The Kier molecular flexibility index (Phi) is 12.3. The van der Waals surface area contributed by atoms with Gasteiger partial charge < -0.3 is 28.4 Å². The lowest BCUT2D eigenvalue weighted by atomic mass is 9.68. The first kappa shape index (κ1) is 43.0. The largest absolute Gasteiger partial charge is 0.497 e. The van der Waals surface area contributed by atoms with Gasteiger partial charge in [-0.15, -0.1) is 0 Å². The van der Waals surface area contributed by atoms with Gasteiger partial charge in [0.2, 0.25) is 0 Å². The van der Waals surface area contributed by atoms with Crippen LogP contribution in [0.2, 0.25) is 0 Å². The van der Waals surface area contributed by atoms with Gasteiger partial charge in [-0.25, -0.2) is 0 Å². The zero-order chi connectivity index (χ0) is 43.7. The molecule has 3 aliphatic carbocycles. The first-order valence-electron chi connectivity index (χ1n) is 23.6. The highest BCUT2D eigenvalue weighted by atomic mass is 16.6. The van der Waals surface area contributed by atoms with Crippen LogP contribution in [0, 0.1) is 23.7 Å². The minimum Gasteiger partial charge on any atom is -0.497 e. The molecule has 2 fully saturated rings. The lowest BCUT2D eigenvalue weighted by Crippen LogP contribution is -2.35. The average Bonchev–Trinajstić information content (AvgIpc) is 3.65. The molecule has 0 radical (unpaired) electrons. The molecule has 2 saturated carbocycles. The fourth-order valence-electron chi connectivity index (χ4n) is 11.8. The van der Waals surface area contributed by atoms with E-state index in [9.17, 15) is 4.79 Å². The van der Waals surface area contributed by atoms with Gasteiger partial charge in [0.15, 0.2) is 17.1 Å². The van der Waals surface area contributed by atoms with Gasteiger partial charge in [0.05, 0.1) is 27.2 Å². The van der Waals surface area contributed by atoms with Crippen LogP contribution in [0.4, 0.5) is 0 Å². The van der Waals surface area contributed by atoms with Gasteiger partial charge in [0.1, 0.15) is 22.8 Å². The molecular formula is C56H64O7. The van der Waals surface area contributed by atoms with Gasteiger partial charge in [-0.2, -0.15) is 0 Å². The van der Waals surface area contributed by atoms with Gasteiger partial charge in [-0.05, 0) is 127 Å². The Labute approximate surface area is 374 Å². The van der Waals surface area contributed by atoms with E-state index >= 15 is 0 Å². The highest BCUT2D eigenvalue weighted by molar-refractivity contribution is 6.09. The Morgan fingerprint density at radius 1 is 0.698 bits per heavy atom. The van der Waals surface area contributed by atoms with E-state index in [2.05, 4.69) is 74.5 Å². The summed E-state index contributed by atoms with van der Waals surface area (Å²) in [7, 11) is 6.79. The first-order valence-corrected chi connectivity index (χ1v) is 23.6. The average molecular weight is 849 g/mol. The fraction of sp³-hybridized carbons (Fsp3) is 0.446. The smallest absolute Gasteiger partial charge is 0.314 e. The van der Waals surface area contributed by atoms with E-state index in [4.69, 9.17) is 28.4 Å². The van der Waals surface area contributed by atoms with Crippen molar-refractivity contribution in [3.63, 3.8) is 0 Å². The molecule has 0 N–H and O–H groups in total. The van der Waals surface area contributed by atoms with Gasteiger partial charge in [-0.3, -0.25) is 4.79 Å². The van der Waals surface area contributed by atoms with E-state index in [1.165, 1.54) is 51.4 Å². The molecule has 1 aliphatic heterocycles. The molecule has 330 valence electrons. The van der Waals surface area contributed by atoms with Crippen LogP contribution in [0.3, 0.4) is 0 Å². The van der Waals surface area contributed by atoms with E-state index in [1.807, 2.05) is 36.4 Å². The van der Waals surface area contributed by atoms with Crippen LogP contribution < -0.4 is 23.7 Å². The van der Waals surface area contributed by atoms with Crippen molar-refractivity contribution in [1.82, 2.24) is 0 Å². The van der Waals surface area contributed by atoms with E-state index < -0.39 is 11.2 Å². The quantitative estimate of drug-likeness (QED) is 0.0626. The number of rotatable bonds is 14. The van der Waals surface area contributed by atoms with Crippen LogP contribution in [-0.4, -0.2) is 34.4 Å². The Balaban J connectivity index is 1.10. The summed E-state index contributed by atoms with van der Waals surface area (Å²) < 4.78 is 38.0. The summed E-state index contributed by atoms with van der Waals surface area (Å²) >= 11 is 0. The highest BCUT2D eigenvalue weighted by Gasteiger charge is 2.48. The standard InChI is InChI=1S/C56H64O7/c1-7-9-10-13-36-16-18-37(19-17-36)38-20-22-39(23-21-38)54(57)62-50-34-46-47(35-49(50)60-5)53-45(52-51(46)44-14-11-12-15-48(44)55(52,8-2)61-6)32-33-56(63-53,40-24-28-42(58-3)29-25-40)41-26-30-43(59-4)31-27-41/h11-12,14-15,24-39H,7-10,13,16-23H2,1-6H3. The van der Waals surface area contributed by atoms with Crippen molar-refractivity contribution in [2.75, 3.05) is 28.4 Å². The molecule has 63 heavy (non-hydrogen) atoms. The minimum atomic E-state index is -1.02. The molecule has 1 unspecified atom stereocenters. The number of ether oxygens (including phenoxy) is 6. The summed E-state index contributed by atoms with van der Waals surface area (Å²) in [6.07, 6.45) is 19.9. The minimum absolute atomic E-state index is 0.133. The molecule has 1 atom stereocenters. The maximum absolute atomic E-state index is 14.2. The summed E-state index contributed by atoms with van der Waals surface area (Å²) in [5.41, 5.74) is 5.34. The molecule has 7 nitrogen and oxygen atoms in total. The van der Waals surface area contributed by atoms with E-state index in [0.29, 0.717) is 29.6 Å². The van der Waals surface area contributed by atoms with E-state index in [-0.39, 0.29) is 11.9 Å². The Morgan fingerprint density at radius 3 is 1.90 bits per heavy atom. The van der Waals surface area contributed by atoms with Crippen molar-refractivity contribution in [2.45, 2.75) is 109 Å². The van der Waals surface area contributed by atoms with Gasteiger partial charge >= 0.3 is 5.97 Å². The molecule has 0 spiro atoms. The normalized spacial score (nSPS) is 23.3. The van der Waals surface area contributed by atoms with E-state index in [1.54, 1.807) is 28.4 Å². The van der Waals surface area contributed by atoms with Crippen molar-refractivity contribution < 1.29 is 33.2 Å². The molecule has 0 amide bonds. The van der Waals surface area contributed by atoms with Crippen LogP contribution >= 0.6 is 0 Å². The lowest BCUT2D eigenvalue weighted by molar-refractivity contribution is -0.140. The second-order valence-electron chi connectivity index (χ2n) is 18.4. The summed E-state index contributed by atoms with van der Waals surface area (Å²) in [4.78, 5) is 14.2. The molecular weight excluding hydrogens is 785 g/mol. The number of hydrogen-bond donors (Lipinski definition) is 0. The number of hydrogen-bond acceptors (Lipinski definition) is 7. The zero-order valence-corrected chi connectivity index (χ0v) is 38.1. The third-order valence-corrected chi connectivity index (χ3v) is 15.3. The molecule has 4 aliphatic rings. The van der Waals surface area contributed by atoms with Crippen LogP contribution in [0.25, 0.3) is 28.0 Å². The molecule has 9 rings (SSSR count). The fourth-order valence-corrected chi connectivity index (χ4v) is 11.8. The third-order valence-electron chi connectivity index (χ3n) is 15.3. The van der Waals surface area contributed by atoms with Crippen molar-refractivity contribution in [2.24, 2.45) is 23.7 Å². The second-order valence-corrected chi connectivity index (χ2v) is 18.4. The van der Waals surface area contributed by atoms with Crippen molar-refractivity contribution in [1.29, 1.82) is 0 Å². The second kappa shape index (κ2) is 18.1. The number of benzene rings is 5. The molecule has 0 bridgehead atoms. The maximum Gasteiger partial charge on any atom is 0.314 e. The number of unbranched alkanes of at least 4 members (excludes halogenated alkanes) is 2. The van der Waals surface area contributed by atoms with Crippen molar-refractivity contribution >= 4 is 22.8 Å². The van der Waals surface area contributed by atoms with Crippen molar-refractivity contribution in [3.8, 4) is 39.9 Å². The number of fused-ring (bicyclic) bond motifs is 8. The molecule has 0 saturated heterocycles. The van der Waals surface area contributed by atoms with Crippen LogP contribution in [0.5, 0.6) is 28.7 Å². The molecule has 0 aromatic heterocycles. The molecule has 5 aromatic rings. The van der Waals surface area contributed by atoms with Gasteiger partial charge in [0, 0.05) is 34.7 Å². The monoisotopic (exact) mass is 848 g/mol. The van der Waals surface area contributed by atoms with Crippen LogP contribution in [-0.2, 0) is 20.7 Å². The Bertz CT molecular complexity index is 2400. The zero-order valence-electron chi connectivity index (χ0n) is 38.1. The third kappa shape index (κ3) is 7.58. The SMILES string of the molecule is CCCCCC1CCC(C2CCC(C(=O)Oc3cc4c5c(c6c(c4cc3OC)OC(c3ccc(OC)cc3)(c3ccc(OC)cc3)C=C6)C(CC)(OC)c3ccccc3-5)CC2)CC1. The number of carbonyl (C=O) groups excluding carboxylic acids is 1. The summed E-state index contributed by atoms with van der Waals surface area (Å²) in [5.74, 6) is 5.25. The number of methoxy groups -OCH3 is 4. The van der Waals surface area contributed by atoms with Gasteiger partial charge in [0.25, 0.3) is 0 Å². The molecule has 7 heteroatoms. The van der Waals surface area contributed by atoms with E-state index in [0.717, 1.165) is 98.7 Å². The Morgan fingerprint density at radius 2 is 1.32 bits per heavy atom. The summed E-state index contributed by atoms with van der Waals surface area (Å²) in [5, 5.41) is 1.77. The van der Waals surface area contributed by atoms with Crippen LogP contribution in [0.15, 0.2) is 91.0 Å². The first-order chi connectivity index (χ1) is 30.8. The number of carbonyl (C=O) groups is 1. The van der Waals surface area contributed by atoms with Crippen LogP contribution in [0.1, 0.15) is 125 Å².